The van der Waals surface area contributed by atoms with Crippen LogP contribution in [0.15, 0.2) is 35.4 Å². The Kier molecular flexibility index (Phi) is 6.27. The lowest BCUT2D eigenvalue weighted by Crippen LogP contribution is -2.38. The monoisotopic (exact) mass is 345 g/mol. The van der Waals surface area contributed by atoms with Crippen LogP contribution in [-0.2, 0) is 9.59 Å². The summed E-state index contributed by atoms with van der Waals surface area (Å²) in [7, 11) is 0. The van der Waals surface area contributed by atoms with E-state index in [1.54, 1.807) is 24.3 Å². The summed E-state index contributed by atoms with van der Waals surface area (Å²) in [5.74, 6) is -0.991. The van der Waals surface area contributed by atoms with Gasteiger partial charge in [0.25, 0.3) is 5.56 Å². The molecule has 0 radical (unpaired) electrons. The minimum atomic E-state index is -0.900. The number of nitrogens with zero attached hydrogens (tertiary/aromatic N) is 2. The Morgan fingerprint density at radius 3 is 2.68 bits per heavy atom. The van der Waals surface area contributed by atoms with E-state index in [1.807, 2.05) is 13.8 Å². The molecule has 0 bridgehead atoms. The van der Waals surface area contributed by atoms with Crippen LogP contribution in [0.5, 0.6) is 0 Å². The summed E-state index contributed by atoms with van der Waals surface area (Å²) in [6.45, 7) is 4.21. The number of nitrogens with one attached hydrogen (secondary N) is 1. The Hall–Kier alpha value is -2.70. The SMILES string of the molecule is CC(C)C[C@H](C(=O)NCCCC(=O)O)n1cnc2ccccc2c1=O. The Labute approximate surface area is 145 Å². The van der Waals surface area contributed by atoms with Crippen LogP contribution in [0.25, 0.3) is 10.9 Å². The second-order valence-electron chi connectivity index (χ2n) is 6.41. The summed E-state index contributed by atoms with van der Waals surface area (Å²) in [6, 6.07) is 6.34. The van der Waals surface area contributed by atoms with Gasteiger partial charge in [0.1, 0.15) is 6.04 Å². The highest BCUT2D eigenvalue weighted by molar-refractivity contribution is 5.81. The predicted molar refractivity (Wildman–Crippen MR) is 94.4 cm³/mol. The molecule has 134 valence electrons. The van der Waals surface area contributed by atoms with Gasteiger partial charge in [0.05, 0.1) is 17.2 Å². The average Bonchev–Trinajstić information content (AvgIpc) is 2.57. The first kappa shape index (κ1) is 18.6. The summed E-state index contributed by atoms with van der Waals surface area (Å²) in [5, 5.41) is 11.9. The fourth-order valence-electron chi connectivity index (χ4n) is 2.67. The maximum Gasteiger partial charge on any atom is 0.303 e. The molecule has 1 atom stereocenters. The minimum absolute atomic E-state index is 0.00734. The van der Waals surface area contributed by atoms with E-state index in [9.17, 15) is 14.4 Å². The van der Waals surface area contributed by atoms with Crippen molar-refractivity contribution in [1.82, 2.24) is 14.9 Å². The predicted octanol–water partition coefficient (Wildman–Crippen LogP) is 1.96. The number of amides is 1. The third-order valence-corrected chi connectivity index (χ3v) is 3.89. The molecular weight excluding hydrogens is 322 g/mol. The summed E-state index contributed by atoms with van der Waals surface area (Å²) < 4.78 is 1.37. The number of para-hydroxylation sites is 1. The lowest BCUT2D eigenvalue weighted by Gasteiger charge is -2.21. The number of carboxylic acids is 1. The van der Waals surface area contributed by atoms with Crippen molar-refractivity contribution in [3.63, 3.8) is 0 Å². The van der Waals surface area contributed by atoms with Crippen molar-refractivity contribution in [3.8, 4) is 0 Å². The first-order valence-corrected chi connectivity index (χ1v) is 8.35. The van der Waals surface area contributed by atoms with Crippen LogP contribution < -0.4 is 10.9 Å². The van der Waals surface area contributed by atoms with E-state index in [2.05, 4.69) is 10.3 Å². The molecule has 2 rings (SSSR count). The number of aromatic nitrogens is 2. The fraction of sp³-hybridized carbons (Fsp3) is 0.444. The third-order valence-electron chi connectivity index (χ3n) is 3.89. The number of carboxylic acid groups (broad SMARTS) is 1. The molecule has 2 N–H and O–H groups in total. The molecule has 0 saturated carbocycles. The van der Waals surface area contributed by atoms with Crippen LogP contribution in [0.2, 0.25) is 0 Å². The van der Waals surface area contributed by atoms with Crippen molar-refractivity contribution in [3.05, 3.63) is 40.9 Å². The Morgan fingerprint density at radius 2 is 2.00 bits per heavy atom. The zero-order valence-electron chi connectivity index (χ0n) is 14.4. The van der Waals surface area contributed by atoms with E-state index in [1.165, 1.54) is 10.9 Å². The van der Waals surface area contributed by atoms with Gasteiger partial charge in [-0.3, -0.25) is 19.0 Å². The molecule has 1 aromatic heterocycles. The maximum atomic E-state index is 12.7. The van der Waals surface area contributed by atoms with Gasteiger partial charge < -0.3 is 10.4 Å². The summed E-state index contributed by atoms with van der Waals surface area (Å²) in [5.41, 5.74) is 0.339. The lowest BCUT2D eigenvalue weighted by molar-refractivity contribution is -0.137. The molecule has 7 heteroatoms. The van der Waals surface area contributed by atoms with E-state index >= 15 is 0 Å². The number of hydrogen-bond acceptors (Lipinski definition) is 4. The number of benzene rings is 1. The Morgan fingerprint density at radius 1 is 1.28 bits per heavy atom. The largest absolute Gasteiger partial charge is 0.481 e. The smallest absolute Gasteiger partial charge is 0.303 e. The second-order valence-corrected chi connectivity index (χ2v) is 6.41. The topological polar surface area (TPSA) is 101 Å². The van der Waals surface area contributed by atoms with E-state index in [-0.39, 0.29) is 30.3 Å². The van der Waals surface area contributed by atoms with Gasteiger partial charge in [-0.2, -0.15) is 0 Å². The Bertz CT molecular complexity index is 813. The summed E-state index contributed by atoms with van der Waals surface area (Å²) >= 11 is 0. The first-order chi connectivity index (χ1) is 11.9. The van der Waals surface area contributed by atoms with E-state index in [0.29, 0.717) is 23.7 Å². The van der Waals surface area contributed by atoms with Gasteiger partial charge in [-0.15, -0.1) is 0 Å². The molecule has 1 heterocycles. The van der Waals surface area contributed by atoms with E-state index < -0.39 is 12.0 Å². The van der Waals surface area contributed by atoms with Crippen molar-refractivity contribution in [1.29, 1.82) is 0 Å². The van der Waals surface area contributed by atoms with Crippen molar-refractivity contribution in [2.45, 2.75) is 39.2 Å². The molecule has 0 spiro atoms. The zero-order chi connectivity index (χ0) is 18.4. The number of fused-ring (bicyclic) bond motifs is 1. The van der Waals surface area contributed by atoms with E-state index in [4.69, 9.17) is 5.11 Å². The van der Waals surface area contributed by atoms with Crippen molar-refractivity contribution >= 4 is 22.8 Å². The van der Waals surface area contributed by atoms with Crippen LogP contribution in [0.4, 0.5) is 0 Å². The molecule has 25 heavy (non-hydrogen) atoms. The quantitative estimate of drug-likeness (QED) is 0.712. The van der Waals surface area contributed by atoms with Crippen molar-refractivity contribution in [2.75, 3.05) is 6.54 Å². The molecule has 0 aliphatic heterocycles. The standard InChI is InChI=1S/C18H23N3O4/c1-12(2)10-15(17(24)19-9-5-8-16(22)23)21-11-20-14-7-4-3-6-13(14)18(21)25/h3-4,6-7,11-12,15H,5,8-10H2,1-2H3,(H,19,24)(H,22,23)/t15-/m1/s1. The summed E-state index contributed by atoms with van der Waals surface area (Å²) in [4.78, 5) is 40.1. The molecular formula is C18H23N3O4. The molecule has 0 fully saturated rings. The fourth-order valence-corrected chi connectivity index (χ4v) is 2.67. The van der Waals surface area contributed by atoms with Gasteiger partial charge in [-0.25, -0.2) is 4.98 Å². The Balaban J connectivity index is 2.25. The van der Waals surface area contributed by atoms with Crippen LogP contribution in [0, 0.1) is 5.92 Å². The van der Waals surface area contributed by atoms with Crippen LogP contribution in [-0.4, -0.2) is 33.1 Å². The van der Waals surface area contributed by atoms with Crippen LogP contribution in [0.1, 0.15) is 39.2 Å². The summed E-state index contributed by atoms with van der Waals surface area (Å²) in [6.07, 6.45) is 2.24. The van der Waals surface area contributed by atoms with Gasteiger partial charge in [-0.1, -0.05) is 26.0 Å². The third kappa shape index (κ3) is 4.89. The van der Waals surface area contributed by atoms with Crippen LogP contribution in [0.3, 0.4) is 0 Å². The minimum Gasteiger partial charge on any atom is -0.481 e. The maximum absolute atomic E-state index is 12.7. The number of rotatable bonds is 8. The zero-order valence-corrected chi connectivity index (χ0v) is 14.4. The number of carbonyl (C=O) groups excluding carboxylic acids is 1. The highest BCUT2D eigenvalue weighted by atomic mass is 16.4. The normalized spacial score (nSPS) is 12.3. The van der Waals surface area contributed by atoms with E-state index in [0.717, 1.165) is 0 Å². The van der Waals surface area contributed by atoms with Gasteiger partial charge in [-0.05, 0) is 30.9 Å². The van der Waals surface area contributed by atoms with Gasteiger partial charge in [0.15, 0.2) is 0 Å². The molecule has 1 aromatic carbocycles. The average molecular weight is 345 g/mol. The van der Waals surface area contributed by atoms with Crippen molar-refractivity contribution < 1.29 is 14.7 Å². The van der Waals surface area contributed by atoms with Crippen LogP contribution >= 0.6 is 0 Å². The van der Waals surface area contributed by atoms with Gasteiger partial charge in [0, 0.05) is 13.0 Å². The molecule has 0 unspecified atom stereocenters. The molecule has 1 amide bonds. The van der Waals surface area contributed by atoms with Gasteiger partial charge in [0.2, 0.25) is 5.91 Å². The number of carbonyl (C=O) groups is 2. The lowest BCUT2D eigenvalue weighted by atomic mass is 10.0. The second kappa shape index (κ2) is 8.41. The molecule has 7 nitrogen and oxygen atoms in total. The van der Waals surface area contributed by atoms with Crippen molar-refractivity contribution in [2.24, 2.45) is 5.92 Å². The number of aliphatic carboxylic acids is 1. The molecule has 0 saturated heterocycles. The highest BCUT2D eigenvalue weighted by Gasteiger charge is 2.23. The molecule has 0 aliphatic carbocycles. The number of hydrogen-bond donors (Lipinski definition) is 2. The van der Waals surface area contributed by atoms with Gasteiger partial charge >= 0.3 is 5.97 Å². The molecule has 0 aliphatic rings. The highest BCUT2D eigenvalue weighted by Crippen LogP contribution is 2.17. The molecule has 2 aromatic rings. The first-order valence-electron chi connectivity index (χ1n) is 8.35.